The van der Waals surface area contributed by atoms with Crippen LogP contribution in [0.25, 0.3) is 0 Å². The van der Waals surface area contributed by atoms with Crippen molar-refractivity contribution < 1.29 is 44.6 Å². The molecular formula is C17H19F3N2O7S2. The van der Waals surface area contributed by atoms with Gasteiger partial charge in [-0.1, -0.05) is 6.07 Å². The van der Waals surface area contributed by atoms with E-state index in [1.54, 1.807) is 6.07 Å². The highest BCUT2D eigenvalue weighted by molar-refractivity contribution is 7.91. The van der Waals surface area contributed by atoms with Crippen LogP contribution in [0.4, 0.5) is 18.9 Å². The minimum absolute atomic E-state index is 0.223. The quantitative estimate of drug-likeness (QED) is 0.450. The topological polar surface area (TPSA) is 145 Å². The first-order chi connectivity index (χ1) is 14.4. The van der Waals surface area contributed by atoms with Crippen LogP contribution < -0.4 is 19.9 Å². The predicted octanol–water partition coefficient (Wildman–Crippen LogP) is 1.15. The third-order valence-corrected chi connectivity index (χ3v) is 6.82. The van der Waals surface area contributed by atoms with Crippen LogP contribution in [-0.4, -0.2) is 48.5 Å². The maximum atomic E-state index is 15.0. The predicted molar refractivity (Wildman–Crippen MR) is 104 cm³/mol. The molecule has 0 amide bonds. The van der Waals surface area contributed by atoms with E-state index in [2.05, 4.69) is 5.32 Å². The van der Waals surface area contributed by atoms with Gasteiger partial charge in [0.15, 0.2) is 32.2 Å². The number of benzene rings is 2. The van der Waals surface area contributed by atoms with Crippen molar-refractivity contribution in [2.75, 3.05) is 31.9 Å². The smallest absolute Gasteiger partial charge is 0.244 e. The Hall–Kier alpha value is -2.55. The summed E-state index contributed by atoms with van der Waals surface area (Å²) in [5.41, 5.74) is -0.941. The molecule has 0 aliphatic heterocycles. The molecule has 0 aliphatic carbocycles. The largest absolute Gasteiger partial charge is 0.496 e. The number of anilines is 1. The first-order valence-electron chi connectivity index (χ1n) is 8.41. The van der Waals surface area contributed by atoms with Crippen LogP contribution in [0.5, 0.6) is 11.5 Å². The van der Waals surface area contributed by atoms with E-state index in [-0.39, 0.29) is 17.1 Å². The average molecular weight is 484 g/mol. The highest BCUT2D eigenvalue weighted by Crippen LogP contribution is 2.37. The molecule has 9 nitrogen and oxygen atoms in total. The molecule has 0 atom stereocenters. The number of nitrogens with one attached hydrogen (secondary N) is 1. The minimum Gasteiger partial charge on any atom is -0.496 e. The number of aliphatic hydroxyl groups excluding tert-OH is 1. The molecule has 2 rings (SSSR count). The van der Waals surface area contributed by atoms with Crippen LogP contribution in [0.15, 0.2) is 28.0 Å². The van der Waals surface area contributed by atoms with Crippen molar-refractivity contribution in [1.29, 1.82) is 0 Å². The Morgan fingerprint density at radius 2 is 1.48 bits per heavy atom. The second-order valence-corrected chi connectivity index (χ2v) is 9.60. The number of hydrogen-bond donors (Lipinski definition) is 3. The molecule has 0 unspecified atom stereocenters. The Labute approximate surface area is 176 Å². The summed E-state index contributed by atoms with van der Waals surface area (Å²) in [5, 5.41) is 16.0. The van der Waals surface area contributed by atoms with Gasteiger partial charge in [-0.3, -0.25) is 0 Å². The lowest BCUT2D eigenvalue weighted by Crippen LogP contribution is -2.23. The second kappa shape index (κ2) is 9.30. The summed E-state index contributed by atoms with van der Waals surface area (Å²) in [6.07, 6.45) is 0. The van der Waals surface area contributed by atoms with Crippen LogP contribution in [-0.2, 0) is 26.4 Å². The van der Waals surface area contributed by atoms with Crippen LogP contribution in [0, 0.1) is 17.5 Å². The number of aliphatic hydroxyl groups is 1. The zero-order valence-electron chi connectivity index (χ0n) is 16.3. The zero-order chi connectivity index (χ0) is 23.6. The number of methoxy groups -OCH3 is 2. The van der Waals surface area contributed by atoms with Crippen LogP contribution in [0.2, 0.25) is 0 Å². The highest BCUT2D eigenvalue weighted by Gasteiger charge is 2.36. The number of rotatable bonds is 9. The summed E-state index contributed by atoms with van der Waals surface area (Å²) in [7, 11) is -7.27. The van der Waals surface area contributed by atoms with Gasteiger partial charge in [0.25, 0.3) is 0 Å². The number of nitrogens with two attached hydrogens (primary N) is 1. The van der Waals surface area contributed by atoms with Crippen molar-refractivity contribution in [1.82, 2.24) is 0 Å². The summed E-state index contributed by atoms with van der Waals surface area (Å²) in [4.78, 5) is -3.33. The highest BCUT2D eigenvalue weighted by atomic mass is 32.2. The summed E-state index contributed by atoms with van der Waals surface area (Å²) in [5.74, 6) is -7.02. The van der Waals surface area contributed by atoms with Crippen molar-refractivity contribution in [3.05, 3.63) is 41.2 Å². The molecule has 0 aliphatic rings. The molecule has 4 N–H and O–H groups in total. The van der Waals surface area contributed by atoms with E-state index in [1.165, 1.54) is 26.4 Å². The molecular weight excluding hydrogens is 465 g/mol. The fraction of sp³-hybridized carbons (Fsp3) is 0.294. The number of primary sulfonamides is 1. The molecule has 0 saturated heterocycles. The Morgan fingerprint density at radius 3 is 1.94 bits per heavy atom. The molecule has 0 aromatic heterocycles. The van der Waals surface area contributed by atoms with Gasteiger partial charge in [0.1, 0.15) is 16.4 Å². The lowest BCUT2D eigenvalue weighted by molar-refractivity contribution is 0.319. The van der Waals surface area contributed by atoms with E-state index in [9.17, 15) is 30.0 Å². The van der Waals surface area contributed by atoms with Crippen molar-refractivity contribution >= 4 is 25.5 Å². The van der Waals surface area contributed by atoms with Gasteiger partial charge in [-0.25, -0.2) is 35.1 Å². The minimum atomic E-state index is -5.12. The van der Waals surface area contributed by atoms with Gasteiger partial charge in [-0.15, -0.1) is 0 Å². The van der Waals surface area contributed by atoms with E-state index in [1.807, 2.05) is 0 Å². The monoisotopic (exact) mass is 484 g/mol. The zero-order valence-corrected chi connectivity index (χ0v) is 17.9. The normalized spacial score (nSPS) is 12.0. The molecule has 0 fully saturated rings. The fourth-order valence-corrected chi connectivity index (χ4v) is 4.79. The van der Waals surface area contributed by atoms with Crippen molar-refractivity contribution in [2.24, 2.45) is 5.14 Å². The van der Waals surface area contributed by atoms with Gasteiger partial charge in [0.2, 0.25) is 10.0 Å². The van der Waals surface area contributed by atoms with Crippen molar-refractivity contribution in [3.8, 4) is 11.5 Å². The first-order valence-corrected chi connectivity index (χ1v) is 11.6. The Bertz CT molecular complexity index is 1180. The standard InChI is InChI=1S/C17H19F3N2O7S2/c1-28-10-4-3-5-11(29-2)9(10)8-22-15-14(20)16(31(21,26)27)12(18)13(19)17(15)30(24,25)7-6-23/h3-5,22-23H,6-8H2,1-2H3,(H2,21,26,27). The third kappa shape index (κ3) is 4.87. The Balaban J connectivity index is 2.79. The summed E-state index contributed by atoms with van der Waals surface area (Å²) >= 11 is 0. The average Bonchev–Trinajstić information content (AvgIpc) is 2.68. The Morgan fingerprint density at radius 1 is 0.968 bits per heavy atom. The van der Waals surface area contributed by atoms with E-state index < -0.39 is 71.7 Å². The molecule has 0 bridgehead atoms. The molecule has 14 heteroatoms. The molecule has 0 spiro atoms. The third-order valence-electron chi connectivity index (χ3n) is 4.16. The molecule has 2 aromatic carbocycles. The van der Waals surface area contributed by atoms with Crippen LogP contribution in [0.3, 0.4) is 0 Å². The molecule has 31 heavy (non-hydrogen) atoms. The fourth-order valence-electron chi connectivity index (χ4n) is 2.82. The summed E-state index contributed by atoms with van der Waals surface area (Å²) < 4.78 is 102. The van der Waals surface area contributed by atoms with Crippen molar-refractivity contribution in [2.45, 2.75) is 16.3 Å². The summed E-state index contributed by atoms with van der Waals surface area (Å²) in [6.45, 7) is -1.43. The molecule has 0 radical (unpaired) electrons. The number of ether oxygens (including phenoxy) is 2. The lowest BCUT2D eigenvalue weighted by atomic mass is 10.1. The summed E-state index contributed by atoms with van der Waals surface area (Å²) in [6, 6.07) is 4.57. The van der Waals surface area contributed by atoms with Crippen LogP contribution >= 0.6 is 0 Å². The van der Waals surface area contributed by atoms with E-state index >= 15 is 0 Å². The van der Waals surface area contributed by atoms with E-state index in [0.717, 1.165) is 0 Å². The maximum Gasteiger partial charge on any atom is 0.244 e. The van der Waals surface area contributed by atoms with Gasteiger partial charge in [0.05, 0.1) is 37.8 Å². The lowest BCUT2D eigenvalue weighted by Gasteiger charge is -2.19. The number of sulfone groups is 1. The van der Waals surface area contributed by atoms with Gasteiger partial charge in [-0.2, -0.15) is 0 Å². The molecule has 172 valence electrons. The van der Waals surface area contributed by atoms with Gasteiger partial charge in [0, 0.05) is 6.54 Å². The van der Waals surface area contributed by atoms with E-state index in [4.69, 9.17) is 19.7 Å². The SMILES string of the molecule is COc1cccc(OC)c1CNc1c(F)c(S(N)(=O)=O)c(F)c(F)c1S(=O)(=O)CCO. The van der Waals surface area contributed by atoms with Crippen LogP contribution in [0.1, 0.15) is 5.56 Å². The second-order valence-electron chi connectivity index (χ2n) is 6.06. The number of hydrogen-bond acceptors (Lipinski definition) is 8. The molecule has 0 heterocycles. The van der Waals surface area contributed by atoms with E-state index in [0.29, 0.717) is 0 Å². The number of sulfonamides is 1. The molecule has 0 saturated carbocycles. The van der Waals surface area contributed by atoms with Gasteiger partial charge < -0.3 is 19.9 Å². The Kier molecular flexibility index (Phi) is 7.41. The molecule has 2 aromatic rings. The van der Waals surface area contributed by atoms with Gasteiger partial charge >= 0.3 is 0 Å². The number of halogens is 3. The maximum absolute atomic E-state index is 15.0. The first kappa shape index (κ1) is 24.7. The van der Waals surface area contributed by atoms with Crippen molar-refractivity contribution in [3.63, 3.8) is 0 Å². The van der Waals surface area contributed by atoms with Gasteiger partial charge in [-0.05, 0) is 12.1 Å².